The molecule has 0 spiro atoms. The van der Waals surface area contributed by atoms with E-state index in [9.17, 15) is 9.59 Å². The van der Waals surface area contributed by atoms with Crippen LogP contribution in [0.15, 0.2) is 29.5 Å². The van der Waals surface area contributed by atoms with E-state index in [1.54, 1.807) is 19.4 Å². The van der Waals surface area contributed by atoms with Crippen LogP contribution in [0.5, 0.6) is 5.75 Å². The lowest BCUT2D eigenvalue weighted by Gasteiger charge is -2.39. The van der Waals surface area contributed by atoms with Gasteiger partial charge in [-0.1, -0.05) is 5.21 Å². The maximum absolute atomic E-state index is 13.2. The maximum Gasteiger partial charge on any atom is 0.259 e. The number of ether oxygens (including phenoxy) is 1. The second-order valence-corrected chi connectivity index (χ2v) is 6.81. The molecule has 2 unspecified atom stereocenters. The molecule has 2 aliphatic rings. The van der Waals surface area contributed by atoms with Crippen molar-refractivity contribution in [2.24, 2.45) is 7.05 Å². The first-order valence-corrected chi connectivity index (χ1v) is 8.51. The smallest absolute Gasteiger partial charge is 0.259 e. The molecule has 0 N–H and O–H groups in total. The molecule has 2 fully saturated rings. The monoisotopic (exact) mass is 343 g/mol. The number of aromatic nitrogens is 4. The highest BCUT2D eigenvalue weighted by Gasteiger charge is 2.44. The predicted molar refractivity (Wildman–Crippen MR) is 89.5 cm³/mol. The summed E-state index contributed by atoms with van der Waals surface area (Å²) < 4.78 is 8.60. The highest BCUT2D eigenvalue weighted by molar-refractivity contribution is 5.97. The van der Waals surface area contributed by atoms with Crippen molar-refractivity contribution in [1.29, 1.82) is 0 Å². The van der Waals surface area contributed by atoms with Gasteiger partial charge in [-0.2, -0.15) is 0 Å². The van der Waals surface area contributed by atoms with Crippen LogP contribution >= 0.6 is 0 Å². The van der Waals surface area contributed by atoms with Crippen LogP contribution in [0.1, 0.15) is 42.1 Å². The molecule has 2 aromatic heterocycles. The summed E-state index contributed by atoms with van der Waals surface area (Å²) in [5, 5.41) is 8.01. The Morgan fingerprint density at radius 1 is 1.24 bits per heavy atom. The number of rotatable bonds is 3. The summed E-state index contributed by atoms with van der Waals surface area (Å²) >= 11 is 0. The van der Waals surface area contributed by atoms with Crippen molar-refractivity contribution in [3.05, 3.63) is 40.6 Å². The van der Waals surface area contributed by atoms with E-state index in [4.69, 9.17) is 4.74 Å². The van der Waals surface area contributed by atoms with Crippen molar-refractivity contribution in [1.82, 2.24) is 24.5 Å². The zero-order valence-corrected chi connectivity index (χ0v) is 14.3. The molecule has 1 amide bonds. The minimum Gasteiger partial charge on any atom is -0.496 e. The fraction of sp³-hybridized carbons (Fsp3) is 0.529. The Labute approximate surface area is 145 Å². The summed E-state index contributed by atoms with van der Waals surface area (Å²) in [5.74, 6) is 0.280. The molecule has 8 nitrogen and oxygen atoms in total. The lowest BCUT2D eigenvalue weighted by Crippen LogP contribution is -2.47. The number of carbonyl (C=O) groups is 1. The number of methoxy groups -OCH3 is 1. The van der Waals surface area contributed by atoms with E-state index in [2.05, 4.69) is 10.3 Å². The fourth-order valence-electron chi connectivity index (χ4n) is 4.19. The molecular weight excluding hydrogens is 322 g/mol. The SMILES string of the molecule is COc1cc(=O)n(C)cc1C(=O)N1C2CCC1CC(n1ccnn1)C2. The van der Waals surface area contributed by atoms with Crippen LogP contribution in [0.4, 0.5) is 0 Å². The molecule has 2 bridgehead atoms. The van der Waals surface area contributed by atoms with Gasteiger partial charge in [0.15, 0.2) is 0 Å². The number of pyridine rings is 1. The van der Waals surface area contributed by atoms with Gasteiger partial charge in [0.1, 0.15) is 5.75 Å². The van der Waals surface area contributed by atoms with E-state index >= 15 is 0 Å². The highest BCUT2D eigenvalue weighted by atomic mass is 16.5. The summed E-state index contributed by atoms with van der Waals surface area (Å²) in [7, 11) is 3.13. The average Bonchev–Trinajstić information content (AvgIpc) is 3.23. The van der Waals surface area contributed by atoms with Crippen LogP contribution in [-0.2, 0) is 7.05 Å². The van der Waals surface area contributed by atoms with Crippen LogP contribution in [-0.4, -0.2) is 49.6 Å². The fourth-order valence-corrected chi connectivity index (χ4v) is 4.19. The molecule has 4 heterocycles. The summed E-state index contributed by atoms with van der Waals surface area (Å²) in [6.07, 6.45) is 8.89. The van der Waals surface area contributed by atoms with Crippen LogP contribution in [0.2, 0.25) is 0 Å². The van der Waals surface area contributed by atoms with Crippen molar-refractivity contribution in [3.8, 4) is 5.75 Å². The van der Waals surface area contributed by atoms with Gasteiger partial charge in [0.25, 0.3) is 11.5 Å². The third-order valence-electron chi connectivity index (χ3n) is 5.40. The van der Waals surface area contributed by atoms with E-state index in [1.165, 1.54) is 17.7 Å². The van der Waals surface area contributed by atoms with Crippen molar-refractivity contribution in [2.75, 3.05) is 7.11 Å². The Kier molecular flexibility index (Phi) is 3.82. The van der Waals surface area contributed by atoms with Crippen LogP contribution in [0, 0.1) is 0 Å². The van der Waals surface area contributed by atoms with Gasteiger partial charge in [-0.3, -0.25) is 9.59 Å². The molecule has 2 aromatic rings. The zero-order valence-electron chi connectivity index (χ0n) is 14.3. The molecule has 25 heavy (non-hydrogen) atoms. The number of piperidine rings is 1. The standard InChI is InChI=1S/C17H21N5O3/c1-20-10-14(15(25-2)9-16(20)23)17(24)22-11-3-4-12(22)8-13(7-11)21-6-5-18-19-21/h5-6,9-13H,3-4,7-8H2,1-2H3. The molecule has 4 rings (SSSR count). The summed E-state index contributed by atoms with van der Waals surface area (Å²) in [4.78, 5) is 27.0. The van der Waals surface area contributed by atoms with Crippen LogP contribution in [0.25, 0.3) is 0 Å². The topological polar surface area (TPSA) is 82.2 Å². The first kappa shape index (κ1) is 15.9. The molecule has 2 atom stereocenters. The van der Waals surface area contributed by atoms with E-state index in [0.29, 0.717) is 11.3 Å². The molecule has 0 saturated carbocycles. The van der Waals surface area contributed by atoms with E-state index < -0.39 is 0 Å². The van der Waals surface area contributed by atoms with E-state index in [1.807, 2.05) is 15.8 Å². The average molecular weight is 343 g/mol. The quantitative estimate of drug-likeness (QED) is 0.830. The van der Waals surface area contributed by atoms with Crippen molar-refractivity contribution < 1.29 is 9.53 Å². The first-order chi connectivity index (χ1) is 12.1. The largest absolute Gasteiger partial charge is 0.496 e. The number of amides is 1. The van der Waals surface area contributed by atoms with Crippen LogP contribution < -0.4 is 10.3 Å². The summed E-state index contributed by atoms with van der Waals surface area (Å²) in [5.41, 5.74) is 0.252. The van der Waals surface area contributed by atoms with Gasteiger partial charge in [-0.15, -0.1) is 5.10 Å². The number of nitrogens with zero attached hydrogens (tertiary/aromatic N) is 5. The molecule has 8 heteroatoms. The molecule has 2 aliphatic heterocycles. The van der Waals surface area contributed by atoms with Gasteiger partial charge in [0.2, 0.25) is 0 Å². The molecule has 0 aliphatic carbocycles. The molecule has 0 aromatic carbocycles. The predicted octanol–water partition coefficient (Wildman–Crippen LogP) is 0.994. The minimum atomic E-state index is -0.193. The van der Waals surface area contributed by atoms with E-state index in [-0.39, 0.29) is 29.6 Å². The van der Waals surface area contributed by atoms with Gasteiger partial charge in [-0.05, 0) is 25.7 Å². The Balaban J connectivity index is 1.62. The second-order valence-electron chi connectivity index (χ2n) is 6.81. The van der Waals surface area contributed by atoms with Gasteiger partial charge < -0.3 is 14.2 Å². The number of hydrogen-bond acceptors (Lipinski definition) is 5. The lowest BCUT2D eigenvalue weighted by atomic mass is 9.96. The van der Waals surface area contributed by atoms with Gasteiger partial charge >= 0.3 is 0 Å². The summed E-state index contributed by atoms with van der Waals surface area (Å²) in [6, 6.07) is 2.02. The number of hydrogen-bond donors (Lipinski definition) is 0. The number of fused-ring (bicyclic) bond motifs is 2. The second kappa shape index (κ2) is 6.02. The Bertz CT molecular complexity index is 830. The van der Waals surface area contributed by atoms with Gasteiger partial charge in [0.05, 0.1) is 24.9 Å². The minimum absolute atomic E-state index is 0.0583. The number of aryl methyl sites for hydroxylation is 1. The zero-order chi connectivity index (χ0) is 17.6. The van der Waals surface area contributed by atoms with Gasteiger partial charge in [0, 0.05) is 37.6 Å². The molecule has 2 saturated heterocycles. The van der Waals surface area contributed by atoms with Gasteiger partial charge in [-0.25, -0.2) is 4.68 Å². The molecular formula is C17H21N5O3. The Hall–Kier alpha value is -2.64. The van der Waals surface area contributed by atoms with Crippen molar-refractivity contribution in [2.45, 2.75) is 43.8 Å². The summed E-state index contributed by atoms with van der Waals surface area (Å²) in [6.45, 7) is 0. The Morgan fingerprint density at radius 2 is 1.96 bits per heavy atom. The van der Waals surface area contributed by atoms with Crippen LogP contribution in [0.3, 0.4) is 0 Å². The number of carbonyl (C=O) groups excluding carboxylic acids is 1. The maximum atomic E-state index is 13.2. The Morgan fingerprint density at radius 3 is 2.56 bits per heavy atom. The first-order valence-electron chi connectivity index (χ1n) is 8.51. The lowest BCUT2D eigenvalue weighted by molar-refractivity contribution is 0.0518. The normalized spacial score (nSPS) is 25.2. The highest BCUT2D eigenvalue weighted by Crippen LogP contribution is 2.41. The third kappa shape index (κ3) is 2.61. The van der Waals surface area contributed by atoms with Crippen molar-refractivity contribution in [3.63, 3.8) is 0 Å². The molecule has 132 valence electrons. The third-order valence-corrected chi connectivity index (χ3v) is 5.40. The van der Waals surface area contributed by atoms with E-state index in [0.717, 1.165) is 25.7 Å². The van der Waals surface area contributed by atoms with Crippen molar-refractivity contribution >= 4 is 5.91 Å². The molecule has 0 radical (unpaired) electrons.